The van der Waals surface area contributed by atoms with E-state index in [1.807, 2.05) is 31.2 Å². The van der Waals surface area contributed by atoms with Gasteiger partial charge in [-0.15, -0.1) is 11.3 Å². The van der Waals surface area contributed by atoms with Gasteiger partial charge in [0.2, 0.25) is 0 Å². The molecule has 2 amide bonds. The minimum atomic E-state index is -0.389. The molecule has 3 aromatic rings. The van der Waals surface area contributed by atoms with Gasteiger partial charge in [0.1, 0.15) is 5.00 Å². The second-order valence-corrected chi connectivity index (χ2v) is 9.41. The first-order chi connectivity index (χ1) is 15.6. The Bertz CT molecular complexity index is 1140. The fourth-order valence-electron chi connectivity index (χ4n) is 4.24. The summed E-state index contributed by atoms with van der Waals surface area (Å²) in [4.78, 5) is 27.1. The molecule has 2 aromatic heterocycles. The zero-order valence-electron chi connectivity index (χ0n) is 17.9. The molecule has 166 valence electrons. The number of hydrogen-bond donors (Lipinski definition) is 2. The van der Waals surface area contributed by atoms with Crippen molar-refractivity contribution in [2.75, 3.05) is 18.5 Å². The second kappa shape index (κ2) is 8.88. The highest BCUT2D eigenvalue weighted by Gasteiger charge is 2.29. The van der Waals surface area contributed by atoms with Crippen LogP contribution in [0, 0.1) is 6.92 Å². The lowest BCUT2D eigenvalue weighted by Gasteiger charge is -2.12. The predicted octanol–water partition coefficient (Wildman–Crippen LogP) is 4.36. The second-order valence-electron chi connectivity index (χ2n) is 8.30. The first kappa shape index (κ1) is 20.9. The normalized spacial score (nSPS) is 17.3. The molecule has 5 rings (SSSR count). The van der Waals surface area contributed by atoms with Gasteiger partial charge in [-0.1, -0.05) is 35.0 Å². The molecule has 0 saturated carbocycles. The van der Waals surface area contributed by atoms with Crippen LogP contribution < -0.4 is 10.6 Å². The Balaban J connectivity index is 1.33. The van der Waals surface area contributed by atoms with Crippen LogP contribution >= 0.6 is 11.3 Å². The molecule has 7 nitrogen and oxygen atoms in total. The summed E-state index contributed by atoms with van der Waals surface area (Å²) in [6.45, 7) is 3.24. The van der Waals surface area contributed by atoms with Crippen molar-refractivity contribution in [3.05, 3.63) is 57.6 Å². The summed E-state index contributed by atoms with van der Waals surface area (Å²) >= 11 is 1.48. The zero-order valence-corrected chi connectivity index (χ0v) is 18.7. The lowest BCUT2D eigenvalue weighted by Crippen LogP contribution is -2.32. The van der Waals surface area contributed by atoms with Crippen LogP contribution in [-0.4, -0.2) is 36.2 Å². The van der Waals surface area contributed by atoms with Crippen LogP contribution in [-0.2, 0) is 17.6 Å². The third kappa shape index (κ3) is 4.20. The molecule has 32 heavy (non-hydrogen) atoms. The van der Waals surface area contributed by atoms with Gasteiger partial charge in [0.25, 0.3) is 11.8 Å². The Labute approximate surface area is 190 Å². The van der Waals surface area contributed by atoms with Crippen molar-refractivity contribution in [3.8, 4) is 11.3 Å². The molecule has 1 saturated heterocycles. The maximum Gasteiger partial charge on any atom is 0.278 e. The van der Waals surface area contributed by atoms with E-state index in [-0.39, 0.29) is 23.6 Å². The van der Waals surface area contributed by atoms with Crippen molar-refractivity contribution < 1.29 is 18.8 Å². The van der Waals surface area contributed by atoms with Gasteiger partial charge in [-0.25, -0.2) is 0 Å². The van der Waals surface area contributed by atoms with Gasteiger partial charge in [0.05, 0.1) is 11.7 Å². The Hall–Kier alpha value is -2.97. The van der Waals surface area contributed by atoms with E-state index >= 15 is 0 Å². The van der Waals surface area contributed by atoms with E-state index in [4.69, 9.17) is 9.26 Å². The first-order valence-electron chi connectivity index (χ1n) is 11.0. The number of carbonyl (C=O) groups excluding carboxylic acids is 2. The summed E-state index contributed by atoms with van der Waals surface area (Å²) in [6, 6.07) is 9.44. The molecule has 0 bridgehead atoms. The number of carbonyl (C=O) groups is 2. The van der Waals surface area contributed by atoms with E-state index in [1.54, 1.807) is 6.07 Å². The SMILES string of the molecule is Cc1ccc(-c2cc(C(=O)Nc3sc4c(c3C(=O)NC[C@@H]3CCCO3)CCC4)no2)cc1. The van der Waals surface area contributed by atoms with Crippen molar-refractivity contribution in [1.82, 2.24) is 10.5 Å². The smallest absolute Gasteiger partial charge is 0.278 e. The lowest BCUT2D eigenvalue weighted by atomic mass is 10.1. The van der Waals surface area contributed by atoms with Crippen LogP contribution in [0.5, 0.6) is 0 Å². The van der Waals surface area contributed by atoms with Gasteiger partial charge in [-0.3, -0.25) is 9.59 Å². The first-order valence-corrected chi connectivity index (χ1v) is 11.8. The fraction of sp³-hybridized carbons (Fsp3) is 0.375. The summed E-state index contributed by atoms with van der Waals surface area (Å²) in [7, 11) is 0. The number of rotatable bonds is 6. The zero-order chi connectivity index (χ0) is 22.1. The van der Waals surface area contributed by atoms with Crippen LogP contribution in [0.25, 0.3) is 11.3 Å². The summed E-state index contributed by atoms with van der Waals surface area (Å²) in [5, 5.41) is 10.4. The summed E-state index contributed by atoms with van der Waals surface area (Å²) in [5.41, 5.74) is 3.81. The van der Waals surface area contributed by atoms with Gasteiger partial charge in [-0.2, -0.15) is 0 Å². The number of nitrogens with zero attached hydrogens (tertiary/aromatic N) is 1. The van der Waals surface area contributed by atoms with Crippen molar-refractivity contribution in [3.63, 3.8) is 0 Å². The molecule has 8 heteroatoms. The number of anilines is 1. The molecule has 1 aromatic carbocycles. The fourth-order valence-corrected chi connectivity index (χ4v) is 5.52. The number of ether oxygens (including phenoxy) is 1. The third-order valence-electron chi connectivity index (χ3n) is 5.97. The van der Waals surface area contributed by atoms with Crippen LogP contribution in [0.2, 0.25) is 0 Å². The van der Waals surface area contributed by atoms with Gasteiger partial charge in [0, 0.05) is 29.7 Å². The molecule has 2 aliphatic rings. The van der Waals surface area contributed by atoms with E-state index in [0.29, 0.717) is 22.9 Å². The van der Waals surface area contributed by atoms with Crippen molar-refractivity contribution in [2.24, 2.45) is 0 Å². The number of aryl methyl sites for hydroxylation is 2. The van der Waals surface area contributed by atoms with E-state index < -0.39 is 0 Å². The Morgan fingerprint density at radius 1 is 1.16 bits per heavy atom. The number of amides is 2. The molecular weight excluding hydrogens is 426 g/mol. The molecular formula is C24H25N3O4S. The van der Waals surface area contributed by atoms with Gasteiger partial charge in [-0.05, 0) is 44.6 Å². The van der Waals surface area contributed by atoms with Gasteiger partial charge < -0.3 is 19.9 Å². The average molecular weight is 452 g/mol. The molecule has 1 aliphatic carbocycles. The predicted molar refractivity (Wildman–Crippen MR) is 122 cm³/mol. The Morgan fingerprint density at radius 2 is 2.00 bits per heavy atom. The minimum Gasteiger partial charge on any atom is -0.376 e. The third-order valence-corrected chi connectivity index (χ3v) is 7.18. The Kier molecular flexibility index (Phi) is 5.80. The lowest BCUT2D eigenvalue weighted by molar-refractivity contribution is 0.0858. The Morgan fingerprint density at radius 3 is 2.78 bits per heavy atom. The maximum absolute atomic E-state index is 13.0. The number of hydrogen-bond acceptors (Lipinski definition) is 6. The number of benzene rings is 1. The highest BCUT2D eigenvalue weighted by Crippen LogP contribution is 2.39. The molecule has 0 spiro atoms. The van der Waals surface area contributed by atoms with Gasteiger partial charge in [0.15, 0.2) is 11.5 Å². The van der Waals surface area contributed by atoms with Crippen molar-refractivity contribution >= 4 is 28.2 Å². The monoisotopic (exact) mass is 451 g/mol. The van der Waals surface area contributed by atoms with Crippen molar-refractivity contribution in [2.45, 2.75) is 45.1 Å². The molecule has 0 radical (unpaired) electrons. The quantitative estimate of drug-likeness (QED) is 0.581. The largest absolute Gasteiger partial charge is 0.376 e. The maximum atomic E-state index is 13.0. The van der Waals surface area contributed by atoms with Gasteiger partial charge >= 0.3 is 0 Å². The standard InChI is InChI=1S/C24H25N3O4S/c1-14-7-9-15(10-8-14)19-12-18(27-31-19)22(28)26-24-21(17-5-2-6-20(17)32-24)23(29)25-13-16-4-3-11-30-16/h7-10,12,16H,2-6,11,13H2,1H3,(H,25,29)(H,26,28)/t16-/m0/s1. The summed E-state index contributed by atoms with van der Waals surface area (Å²) in [6.07, 6.45) is 4.87. The van der Waals surface area contributed by atoms with Crippen LogP contribution in [0.3, 0.4) is 0 Å². The number of aromatic nitrogens is 1. The number of fused-ring (bicyclic) bond motifs is 1. The average Bonchev–Trinajstić information content (AvgIpc) is 3.57. The van der Waals surface area contributed by atoms with E-state index in [9.17, 15) is 9.59 Å². The van der Waals surface area contributed by atoms with Crippen LogP contribution in [0.1, 0.15) is 56.1 Å². The number of nitrogens with one attached hydrogen (secondary N) is 2. The van der Waals surface area contributed by atoms with Crippen LogP contribution in [0.4, 0.5) is 5.00 Å². The number of thiophene rings is 1. The molecule has 1 atom stereocenters. The molecule has 1 aliphatic heterocycles. The highest BCUT2D eigenvalue weighted by atomic mass is 32.1. The summed E-state index contributed by atoms with van der Waals surface area (Å²) < 4.78 is 11.0. The topological polar surface area (TPSA) is 93.5 Å². The highest BCUT2D eigenvalue weighted by molar-refractivity contribution is 7.17. The van der Waals surface area contributed by atoms with E-state index in [0.717, 1.165) is 55.4 Å². The summed E-state index contributed by atoms with van der Waals surface area (Å²) in [5.74, 6) is -0.0192. The van der Waals surface area contributed by atoms with E-state index in [2.05, 4.69) is 15.8 Å². The molecule has 3 heterocycles. The minimum absolute atomic E-state index is 0.0685. The van der Waals surface area contributed by atoms with Crippen LogP contribution in [0.15, 0.2) is 34.9 Å². The van der Waals surface area contributed by atoms with E-state index in [1.165, 1.54) is 16.2 Å². The van der Waals surface area contributed by atoms with Crippen molar-refractivity contribution in [1.29, 1.82) is 0 Å². The molecule has 1 fully saturated rings. The molecule has 2 N–H and O–H groups in total. The molecule has 0 unspecified atom stereocenters.